The van der Waals surface area contributed by atoms with Crippen LogP contribution in [-0.4, -0.2) is 31.6 Å². The van der Waals surface area contributed by atoms with Crippen LogP contribution in [0, 0.1) is 0 Å². The van der Waals surface area contributed by atoms with Crippen molar-refractivity contribution in [2.24, 2.45) is 5.73 Å². The summed E-state index contributed by atoms with van der Waals surface area (Å²) in [7, 11) is 2.22. The number of nitrogens with zero attached hydrogens (tertiary/aromatic N) is 1. The van der Waals surface area contributed by atoms with Crippen LogP contribution >= 0.6 is 0 Å². The number of allylic oxidation sites excluding steroid dienone is 2. The number of hydrogen-bond donors (Lipinski definition) is 1. The predicted octanol–water partition coefficient (Wildman–Crippen LogP) is 6.30. The summed E-state index contributed by atoms with van der Waals surface area (Å²) in [4.78, 5) is 2.42. The van der Waals surface area contributed by atoms with Crippen LogP contribution in [0.2, 0.25) is 0 Å². The van der Waals surface area contributed by atoms with Crippen LogP contribution in [0.25, 0.3) is 0 Å². The van der Waals surface area contributed by atoms with Crippen molar-refractivity contribution >= 4 is 0 Å². The van der Waals surface area contributed by atoms with Gasteiger partial charge < -0.3 is 10.6 Å². The molecule has 2 heteroatoms. The van der Waals surface area contributed by atoms with Crippen LogP contribution in [0.15, 0.2) is 12.2 Å². The van der Waals surface area contributed by atoms with Gasteiger partial charge in [-0.3, -0.25) is 0 Å². The normalized spacial score (nSPS) is 11.8. The minimum atomic E-state index is 0.817. The lowest BCUT2D eigenvalue weighted by molar-refractivity contribution is 0.321. The molecule has 0 rings (SSSR count). The Morgan fingerprint density at radius 3 is 1.62 bits per heavy atom. The standard InChI is InChI=1S/C22H46N2/c1-3-4-5-6-7-8-9-10-11-12-13-14-15-16-17-18-21-24(2)22-19-20-23/h10-11H,3-9,12-23H2,1-2H3. The largest absolute Gasteiger partial charge is 0.330 e. The molecule has 0 spiro atoms. The molecule has 0 aromatic carbocycles. The van der Waals surface area contributed by atoms with Gasteiger partial charge in [0.1, 0.15) is 0 Å². The summed E-state index contributed by atoms with van der Waals surface area (Å²) in [5.41, 5.74) is 5.54. The van der Waals surface area contributed by atoms with Crippen molar-refractivity contribution in [1.82, 2.24) is 4.90 Å². The molecule has 0 aromatic heterocycles. The van der Waals surface area contributed by atoms with Gasteiger partial charge in [-0.05, 0) is 65.2 Å². The topological polar surface area (TPSA) is 29.3 Å². The molecule has 2 N–H and O–H groups in total. The fraction of sp³-hybridized carbons (Fsp3) is 0.909. The SMILES string of the molecule is CCCCCCCCC=CCCCCCCCCN(C)CCCN. The Kier molecular flexibility index (Phi) is 20.4. The molecule has 0 radical (unpaired) electrons. The third-order valence-corrected chi connectivity index (χ3v) is 4.80. The van der Waals surface area contributed by atoms with Crippen molar-refractivity contribution in [3.8, 4) is 0 Å². The zero-order chi connectivity index (χ0) is 17.7. The summed E-state index contributed by atoms with van der Waals surface area (Å²) in [6.07, 6.45) is 25.3. The van der Waals surface area contributed by atoms with E-state index in [1.807, 2.05) is 0 Å². The maximum absolute atomic E-state index is 5.54. The summed E-state index contributed by atoms with van der Waals surface area (Å²) in [6.45, 7) is 5.49. The van der Waals surface area contributed by atoms with Crippen molar-refractivity contribution in [3.63, 3.8) is 0 Å². The molecule has 2 nitrogen and oxygen atoms in total. The van der Waals surface area contributed by atoms with Gasteiger partial charge in [-0.25, -0.2) is 0 Å². The molecule has 24 heavy (non-hydrogen) atoms. The highest BCUT2D eigenvalue weighted by Gasteiger charge is 1.97. The van der Waals surface area contributed by atoms with Gasteiger partial charge in [-0.1, -0.05) is 76.9 Å². The zero-order valence-corrected chi connectivity index (χ0v) is 16.9. The van der Waals surface area contributed by atoms with E-state index in [1.165, 1.54) is 96.4 Å². The highest BCUT2D eigenvalue weighted by atomic mass is 15.1. The molecule has 0 bridgehead atoms. The van der Waals surface area contributed by atoms with Crippen LogP contribution in [-0.2, 0) is 0 Å². The van der Waals surface area contributed by atoms with Crippen LogP contribution < -0.4 is 5.73 Å². The lowest BCUT2D eigenvalue weighted by Crippen LogP contribution is -2.22. The van der Waals surface area contributed by atoms with E-state index in [9.17, 15) is 0 Å². The highest BCUT2D eigenvalue weighted by Crippen LogP contribution is 2.10. The average Bonchev–Trinajstić information content (AvgIpc) is 2.59. The predicted molar refractivity (Wildman–Crippen MR) is 111 cm³/mol. The molecule has 0 saturated heterocycles. The van der Waals surface area contributed by atoms with E-state index in [0.29, 0.717) is 0 Å². The average molecular weight is 339 g/mol. The molecule has 0 aliphatic heterocycles. The second-order valence-corrected chi connectivity index (χ2v) is 7.38. The smallest absolute Gasteiger partial charge is 0.000977 e. The van der Waals surface area contributed by atoms with E-state index in [1.54, 1.807) is 0 Å². The fourth-order valence-corrected chi connectivity index (χ4v) is 3.10. The number of rotatable bonds is 19. The summed E-state index contributed by atoms with van der Waals surface area (Å²) in [6, 6.07) is 0. The van der Waals surface area contributed by atoms with Crippen LogP contribution in [0.1, 0.15) is 103 Å². The highest BCUT2D eigenvalue weighted by molar-refractivity contribution is 4.81. The van der Waals surface area contributed by atoms with E-state index >= 15 is 0 Å². The van der Waals surface area contributed by atoms with Crippen LogP contribution in [0.4, 0.5) is 0 Å². The van der Waals surface area contributed by atoms with Crippen molar-refractivity contribution < 1.29 is 0 Å². The van der Waals surface area contributed by atoms with E-state index in [2.05, 4.69) is 31.0 Å². The van der Waals surface area contributed by atoms with E-state index in [0.717, 1.165) is 19.5 Å². The molecule has 0 amide bonds. The zero-order valence-electron chi connectivity index (χ0n) is 16.9. The van der Waals surface area contributed by atoms with Crippen molar-refractivity contribution in [3.05, 3.63) is 12.2 Å². The first-order valence-electron chi connectivity index (χ1n) is 10.8. The third-order valence-electron chi connectivity index (χ3n) is 4.80. The molecule has 0 atom stereocenters. The fourth-order valence-electron chi connectivity index (χ4n) is 3.10. The van der Waals surface area contributed by atoms with Gasteiger partial charge in [0.05, 0.1) is 0 Å². The van der Waals surface area contributed by atoms with Gasteiger partial charge in [-0.2, -0.15) is 0 Å². The van der Waals surface area contributed by atoms with Gasteiger partial charge in [0, 0.05) is 0 Å². The van der Waals surface area contributed by atoms with Gasteiger partial charge in [0.2, 0.25) is 0 Å². The summed E-state index contributed by atoms with van der Waals surface area (Å²) < 4.78 is 0. The maximum Gasteiger partial charge on any atom is -0.000977 e. The monoisotopic (exact) mass is 338 g/mol. The van der Waals surface area contributed by atoms with Crippen molar-refractivity contribution in [2.75, 3.05) is 26.7 Å². The molecular formula is C22H46N2. The number of hydrogen-bond acceptors (Lipinski definition) is 2. The molecule has 0 unspecified atom stereocenters. The van der Waals surface area contributed by atoms with Crippen LogP contribution in [0.3, 0.4) is 0 Å². The second kappa shape index (κ2) is 20.7. The lowest BCUT2D eigenvalue weighted by Gasteiger charge is -2.15. The minimum absolute atomic E-state index is 0.817. The lowest BCUT2D eigenvalue weighted by atomic mass is 10.1. The molecule has 0 aliphatic rings. The van der Waals surface area contributed by atoms with E-state index in [-0.39, 0.29) is 0 Å². The quantitative estimate of drug-likeness (QED) is 0.221. The summed E-state index contributed by atoms with van der Waals surface area (Å²) in [5, 5.41) is 0. The molecule has 0 fully saturated rings. The molecule has 0 heterocycles. The Balaban J connectivity index is 3.12. The summed E-state index contributed by atoms with van der Waals surface area (Å²) >= 11 is 0. The van der Waals surface area contributed by atoms with Gasteiger partial charge >= 0.3 is 0 Å². The van der Waals surface area contributed by atoms with Crippen molar-refractivity contribution in [2.45, 2.75) is 103 Å². The van der Waals surface area contributed by atoms with Crippen molar-refractivity contribution in [1.29, 1.82) is 0 Å². The van der Waals surface area contributed by atoms with Gasteiger partial charge in [-0.15, -0.1) is 0 Å². The van der Waals surface area contributed by atoms with Gasteiger partial charge in [0.15, 0.2) is 0 Å². The Labute approximate surface area is 153 Å². The summed E-state index contributed by atoms with van der Waals surface area (Å²) in [5.74, 6) is 0. The minimum Gasteiger partial charge on any atom is -0.330 e. The van der Waals surface area contributed by atoms with Gasteiger partial charge in [0.25, 0.3) is 0 Å². The third kappa shape index (κ3) is 19.7. The Bertz CT molecular complexity index is 250. The first-order valence-corrected chi connectivity index (χ1v) is 10.8. The number of nitrogens with two attached hydrogens (primary N) is 1. The maximum atomic E-state index is 5.54. The molecule has 0 saturated carbocycles. The second-order valence-electron chi connectivity index (χ2n) is 7.38. The molecule has 144 valence electrons. The Morgan fingerprint density at radius 2 is 1.08 bits per heavy atom. The number of unbranched alkanes of at least 4 members (excludes halogenated alkanes) is 12. The Hall–Kier alpha value is -0.340. The van der Waals surface area contributed by atoms with E-state index < -0.39 is 0 Å². The first-order chi connectivity index (χ1) is 11.8. The van der Waals surface area contributed by atoms with Crippen LogP contribution in [0.5, 0.6) is 0 Å². The molecule has 0 aromatic rings. The first kappa shape index (κ1) is 23.7. The molecule has 0 aliphatic carbocycles. The van der Waals surface area contributed by atoms with E-state index in [4.69, 9.17) is 5.73 Å². The Morgan fingerprint density at radius 1 is 0.625 bits per heavy atom. The molecular weight excluding hydrogens is 292 g/mol.